The quantitative estimate of drug-likeness (QED) is 0.156. The van der Waals surface area contributed by atoms with Crippen LogP contribution in [0, 0.1) is 0 Å². The van der Waals surface area contributed by atoms with Crippen molar-refractivity contribution in [2.45, 2.75) is 0 Å². The molecule has 2 nitrogen and oxygen atoms in total. The molecule has 11 rings (SSSR count). The van der Waals surface area contributed by atoms with Gasteiger partial charge >= 0.3 is 0 Å². The zero-order chi connectivity index (χ0) is 37.0. The highest BCUT2D eigenvalue weighted by Gasteiger charge is 2.20. The van der Waals surface area contributed by atoms with E-state index in [0.717, 1.165) is 22.7 Å². The van der Waals surface area contributed by atoms with Gasteiger partial charge in [-0.1, -0.05) is 158 Å². The third-order valence-electron chi connectivity index (χ3n) is 11.3. The van der Waals surface area contributed by atoms with Gasteiger partial charge < -0.3 is 9.47 Å². The lowest BCUT2D eigenvalue weighted by atomic mass is 9.96. The summed E-state index contributed by atoms with van der Waals surface area (Å²) < 4.78 is 2.42. The van der Waals surface area contributed by atoms with Crippen LogP contribution >= 0.6 is 0 Å². The molecule has 1 heterocycles. The van der Waals surface area contributed by atoms with Crippen molar-refractivity contribution in [1.82, 2.24) is 4.57 Å². The number of rotatable bonds is 6. The Hall–Kier alpha value is -7.42. The summed E-state index contributed by atoms with van der Waals surface area (Å²) in [6.45, 7) is 0. The second-order valence-electron chi connectivity index (χ2n) is 14.5. The van der Waals surface area contributed by atoms with Gasteiger partial charge in [-0.15, -0.1) is 0 Å². The molecule has 0 saturated carbocycles. The first-order valence-corrected chi connectivity index (χ1v) is 19.3. The van der Waals surface area contributed by atoms with E-state index in [4.69, 9.17) is 0 Å². The summed E-state index contributed by atoms with van der Waals surface area (Å²) in [5.74, 6) is 0. The van der Waals surface area contributed by atoms with E-state index in [1.165, 1.54) is 76.4 Å². The van der Waals surface area contributed by atoms with Gasteiger partial charge in [0.25, 0.3) is 0 Å². The Labute approximate surface area is 325 Å². The Bertz CT molecular complexity index is 3250. The summed E-state index contributed by atoms with van der Waals surface area (Å²) in [4.78, 5) is 2.41. The molecule has 1 aromatic heterocycles. The molecule has 56 heavy (non-hydrogen) atoms. The fraction of sp³-hybridized carbons (Fsp3) is 0. The standard InChI is InChI=1S/C54H36N2/c1-3-14-37(15-4-1)40-18-11-22-44(34-40)55(46-31-32-48-42(36-46)29-28-38-16-7-9-24-47(38)48)45-23-12-19-41(35-45)50-26-13-27-51-54(50)53-49-25-10-8-17-39(49)30-33-52(53)56(51)43-20-5-2-6-21-43/h1-36H. The highest BCUT2D eigenvalue weighted by atomic mass is 15.1. The highest BCUT2D eigenvalue weighted by molar-refractivity contribution is 6.25. The summed E-state index contributed by atoms with van der Waals surface area (Å²) >= 11 is 0. The number of aromatic nitrogens is 1. The fourth-order valence-electron chi connectivity index (χ4n) is 8.78. The summed E-state index contributed by atoms with van der Waals surface area (Å²) in [5, 5.41) is 10.0. The fourth-order valence-corrected chi connectivity index (χ4v) is 8.78. The normalized spacial score (nSPS) is 11.6. The van der Waals surface area contributed by atoms with Crippen molar-refractivity contribution in [3.63, 3.8) is 0 Å². The van der Waals surface area contributed by atoms with Crippen LogP contribution in [0.3, 0.4) is 0 Å². The van der Waals surface area contributed by atoms with Crippen LogP contribution < -0.4 is 4.90 Å². The molecule has 10 aromatic carbocycles. The van der Waals surface area contributed by atoms with Crippen molar-refractivity contribution >= 4 is 71.2 Å². The van der Waals surface area contributed by atoms with E-state index >= 15 is 0 Å². The van der Waals surface area contributed by atoms with Gasteiger partial charge in [-0.2, -0.15) is 0 Å². The molecular formula is C54H36N2. The Balaban J connectivity index is 1.15. The van der Waals surface area contributed by atoms with Crippen molar-refractivity contribution < 1.29 is 0 Å². The lowest BCUT2D eigenvalue weighted by Gasteiger charge is -2.27. The maximum Gasteiger partial charge on any atom is 0.0547 e. The third-order valence-corrected chi connectivity index (χ3v) is 11.3. The zero-order valence-corrected chi connectivity index (χ0v) is 30.7. The molecule has 0 fully saturated rings. The topological polar surface area (TPSA) is 8.17 Å². The van der Waals surface area contributed by atoms with Gasteiger partial charge in [0.1, 0.15) is 0 Å². The van der Waals surface area contributed by atoms with E-state index < -0.39 is 0 Å². The maximum atomic E-state index is 2.42. The summed E-state index contributed by atoms with van der Waals surface area (Å²) in [6.07, 6.45) is 0. The Morgan fingerprint density at radius 2 is 0.857 bits per heavy atom. The van der Waals surface area contributed by atoms with Crippen LogP contribution in [0.1, 0.15) is 0 Å². The molecule has 0 aliphatic rings. The van der Waals surface area contributed by atoms with Gasteiger partial charge in [-0.05, 0) is 115 Å². The van der Waals surface area contributed by atoms with E-state index in [-0.39, 0.29) is 0 Å². The molecule has 0 saturated heterocycles. The molecule has 0 unspecified atom stereocenters. The van der Waals surface area contributed by atoms with E-state index in [1.54, 1.807) is 0 Å². The molecule has 0 radical (unpaired) electrons. The zero-order valence-electron chi connectivity index (χ0n) is 30.7. The van der Waals surface area contributed by atoms with E-state index in [2.05, 4.69) is 228 Å². The monoisotopic (exact) mass is 712 g/mol. The molecule has 2 heteroatoms. The predicted octanol–water partition coefficient (Wildman–Crippen LogP) is 15.0. The number of anilines is 3. The van der Waals surface area contributed by atoms with Crippen molar-refractivity contribution in [1.29, 1.82) is 0 Å². The van der Waals surface area contributed by atoms with Crippen molar-refractivity contribution in [2.24, 2.45) is 0 Å². The van der Waals surface area contributed by atoms with Gasteiger partial charge in [0.05, 0.1) is 11.0 Å². The van der Waals surface area contributed by atoms with Crippen LogP contribution in [0.5, 0.6) is 0 Å². The number of hydrogen-bond donors (Lipinski definition) is 0. The van der Waals surface area contributed by atoms with E-state index in [0.29, 0.717) is 0 Å². The first-order chi connectivity index (χ1) is 27.8. The van der Waals surface area contributed by atoms with Crippen LogP contribution in [0.2, 0.25) is 0 Å². The van der Waals surface area contributed by atoms with Crippen molar-refractivity contribution in [2.75, 3.05) is 4.90 Å². The van der Waals surface area contributed by atoms with Gasteiger partial charge in [0, 0.05) is 33.5 Å². The molecule has 0 amide bonds. The second kappa shape index (κ2) is 13.2. The smallest absolute Gasteiger partial charge is 0.0547 e. The van der Waals surface area contributed by atoms with Gasteiger partial charge in [0.2, 0.25) is 0 Å². The number of nitrogens with zero attached hydrogens (tertiary/aromatic N) is 2. The van der Waals surface area contributed by atoms with Crippen LogP contribution in [0.4, 0.5) is 17.1 Å². The van der Waals surface area contributed by atoms with Crippen LogP contribution in [-0.2, 0) is 0 Å². The number of fused-ring (bicyclic) bond motifs is 8. The molecular weight excluding hydrogens is 677 g/mol. The molecule has 0 atom stereocenters. The third kappa shape index (κ3) is 5.26. The van der Waals surface area contributed by atoms with Gasteiger partial charge in [0.15, 0.2) is 0 Å². The lowest BCUT2D eigenvalue weighted by Crippen LogP contribution is -2.10. The second-order valence-corrected chi connectivity index (χ2v) is 14.5. The molecule has 0 aliphatic heterocycles. The predicted molar refractivity (Wildman–Crippen MR) is 239 cm³/mol. The average Bonchev–Trinajstić information content (AvgIpc) is 3.62. The lowest BCUT2D eigenvalue weighted by molar-refractivity contribution is 1.18. The molecule has 0 spiro atoms. The molecule has 262 valence electrons. The van der Waals surface area contributed by atoms with Crippen molar-refractivity contribution in [3.8, 4) is 27.9 Å². The van der Waals surface area contributed by atoms with E-state index in [9.17, 15) is 0 Å². The maximum absolute atomic E-state index is 2.42. The minimum Gasteiger partial charge on any atom is -0.310 e. The largest absolute Gasteiger partial charge is 0.310 e. The number of hydrogen-bond acceptors (Lipinski definition) is 1. The number of benzene rings is 10. The Morgan fingerprint density at radius 3 is 1.66 bits per heavy atom. The summed E-state index contributed by atoms with van der Waals surface area (Å²) in [7, 11) is 0. The van der Waals surface area contributed by atoms with Gasteiger partial charge in [-0.3, -0.25) is 0 Å². The van der Waals surface area contributed by atoms with Crippen LogP contribution in [0.15, 0.2) is 218 Å². The van der Waals surface area contributed by atoms with Crippen LogP contribution in [-0.4, -0.2) is 4.57 Å². The minimum atomic E-state index is 1.10. The first-order valence-electron chi connectivity index (χ1n) is 19.3. The minimum absolute atomic E-state index is 1.10. The molecule has 0 N–H and O–H groups in total. The first kappa shape index (κ1) is 32.0. The summed E-state index contributed by atoms with van der Waals surface area (Å²) in [6, 6.07) is 79.5. The average molecular weight is 713 g/mol. The molecule has 0 aliphatic carbocycles. The molecule has 0 bridgehead atoms. The van der Waals surface area contributed by atoms with Crippen molar-refractivity contribution in [3.05, 3.63) is 218 Å². The highest BCUT2D eigenvalue weighted by Crippen LogP contribution is 2.44. The molecule has 11 aromatic rings. The van der Waals surface area contributed by atoms with Gasteiger partial charge in [-0.25, -0.2) is 0 Å². The SMILES string of the molecule is c1ccc(-c2cccc(N(c3cccc(-c4cccc5c4c4c6ccccc6ccc4n5-c4ccccc4)c3)c3ccc4c(ccc5ccccc54)c3)c2)cc1. The van der Waals surface area contributed by atoms with E-state index in [1.807, 2.05) is 0 Å². The number of para-hydroxylation sites is 1. The Morgan fingerprint density at radius 1 is 0.304 bits per heavy atom. The Kier molecular flexibility index (Phi) is 7.53. The van der Waals surface area contributed by atoms with Crippen LogP contribution in [0.25, 0.3) is 82.1 Å². The summed E-state index contributed by atoms with van der Waals surface area (Å²) in [5.41, 5.74) is 11.6.